The normalized spacial score (nSPS) is 22.4. The molecule has 0 N–H and O–H groups in total. The van der Waals surface area contributed by atoms with Crippen LogP contribution < -0.4 is 9.64 Å². The van der Waals surface area contributed by atoms with Crippen LogP contribution >= 0.6 is 11.6 Å². The molecule has 2 aliphatic heterocycles. The number of likely N-dealkylation sites (tertiary alicyclic amines) is 1. The van der Waals surface area contributed by atoms with E-state index in [-0.39, 0.29) is 30.3 Å². The molecule has 2 saturated heterocycles. The molecule has 8 heteroatoms. The van der Waals surface area contributed by atoms with Crippen LogP contribution in [0.2, 0.25) is 5.02 Å². The van der Waals surface area contributed by atoms with Crippen LogP contribution in [-0.2, 0) is 9.59 Å². The van der Waals surface area contributed by atoms with E-state index in [2.05, 4.69) is 9.97 Å². The molecule has 0 spiro atoms. The van der Waals surface area contributed by atoms with Crippen molar-refractivity contribution in [3.8, 4) is 5.88 Å². The number of hydrogen-bond donors (Lipinski definition) is 0. The van der Waals surface area contributed by atoms with Crippen molar-refractivity contribution in [2.24, 2.45) is 5.92 Å². The summed E-state index contributed by atoms with van der Waals surface area (Å²) >= 11 is 5.92. The molecule has 1 aromatic heterocycles. The van der Waals surface area contributed by atoms with Crippen molar-refractivity contribution in [1.82, 2.24) is 14.9 Å². The van der Waals surface area contributed by atoms with Crippen LogP contribution in [0.4, 0.5) is 5.69 Å². The topological polar surface area (TPSA) is 75.6 Å². The largest absolute Gasteiger partial charge is 0.472 e. The van der Waals surface area contributed by atoms with Crippen molar-refractivity contribution >= 4 is 29.1 Å². The van der Waals surface area contributed by atoms with E-state index >= 15 is 0 Å². The summed E-state index contributed by atoms with van der Waals surface area (Å²) in [5, 5.41) is 0.617. The standard InChI is InChI=1S/C20H21ClN4O3/c21-15-3-5-16(6-4-15)25-11-14(10-19(25)26)20(27)24-9-1-2-17(12-24)28-18-7-8-22-13-23-18/h3-8,13-14,17H,1-2,9-12H2. The van der Waals surface area contributed by atoms with Gasteiger partial charge in [0.05, 0.1) is 12.5 Å². The van der Waals surface area contributed by atoms with E-state index < -0.39 is 0 Å². The first-order valence-corrected chi connectivity index (χ1v) is 9.75. The second-order valence-electron chi connectivity index (χ2n) is 7.10. The first-order valence-electron chi connectivity index (χ1n) is 9.37. The maximum Gasteiger partial charge on any atom is 0.228 e. The number of hydrogen-bond acceptors (Lipinski definition) is 5. The van der Waals surface area contributed by atoms with Gasteiger partial charge in [0.15, 0.2) is 0 Å². The highest BCUT2D eigenvalue weighted by molar-refractivity contribution is 6.30. The molecule has 0 aliphatic carbocycles. The average molecular weight is 401 g/mol. The van der Waals surface area contributed by atoms with Crippen molar-refractivity contribution in [3.05, 3.63) is 47.9 Å². The number of carbonyl (C=O) groups is 2. The Morgan fingerprint density at radius 2 is 2.00 bits per heavy atom. The predicted octanol–water partition coefficient (Wildman–Crippen LogP) is 2.55. The maximum atomic E-state index is 13.0. The van der Waals surface area contributed by atoms with E-state index in [4.69, 9.17) is 16.3 Å². The lowest BCUT2D eigenvalue weighted by molar-refractivity contribution is -0.138. The van der Waals surface area contributed by atoms with Crippen molar-refractivity contribution in [2.75, 3.05) is 24.5 Å². The van der Waals surface area contributed by atoms with Gasteiger partial charge in [0.1, 0.15) is 12.4 Å². The molecule has 2 aliphatic rings. The number of rotatable bonds is 4. The van der Waals surface area contributed by atoms with Crippen LogP contribution in [0.25, 0.3) is 0 Å². The minimum atomic E-state index is -0.332. The minimum absolute atomic E-state index is 0.0146. The zero-order chi connectivity index (χ0) is 19.5. The molecule has 0 bridgehead atoms. The van der Waals surface area contributed by atoms with E-state index in [1.165, 1.54) is 6.33 Å². The van der Waals surface area contributed by atoms with E-state index in [1.807, 2.05) is 4.90 Å². The van der Waals surface area contributed by atoms with Crippen LogP contribution in [0, 0.1) is 5.92 Å². The van der Waals surface area contributed by atoms with Crippen molar-refractivity contribution in [2.45, 2.75) is 25.4 Å². The predicted molar refractivity (Wildman–Crippen MR) is 104 cm³/mol. The summed E-state index contributed by atoms with van der Waals surface area (Å²) in [7, 11) is 0. The van der Waals surface area contributed by atoms with Crippen LogP contribution in [0.15, 0.2) is 42.9 Å². The molecule has 2 unspecified atom stereocenters. The van der Waals surface area contributed by atoms with Gasteiger partial charge in [-0.1, -0.05) is 11.6 Å². The number of anilines is 1. The third-order valence-corrected chi connectivity index (χ3v) is 5.40. The van der Waals surface area contributed by atoms with E-state index in [1.54, 1.807) is 41.4 Å². The lowest BCUT2D eigenvalue weighted by Gasteiger charge is -2.34. The number of halogens is 1. The molecule has 1 aromatic carbocycles. The van der Waals surface area contributed by atoms with Gasteiger partial charge in [-0.2, -0.15) is 0 Å². The van der Waals surface area contributed by atoms with Crippen LogP contribution in [0.5, 0.6) is 5.88 Å². The Labute approximate surface area is 168 Å². The first kappa shape index (κ1) is 18.7. The summed E-state index contributed by atoms with van der Waals surface area (Å²) in [6.45, 7) is 1.59. The Bertz CT molecular complexity index is 846. The van der Waals surface area contributed by atoms with Crippen molar-refractivity contribution in [3.63, 3.8) is 0 Å². The number of nitrogens with zero attached hydrogens (tertiary/aromatic N) is 4. The molecule has 4 rings (SSSR count). The van der Waals surface area contributed by atoms with Crippen LogP contribution in [-0.4, -0.2) is 52.4 Å². The Morgan fingerprint density at radius 3 is 2.75 bits per heavy atom. The SMILES string of the molecule is O=C(C1CC(=O)N(c2ccc(Cl)cc2)C1)N1CCCC(Oc2ccncn2)C1. The minimum Gasteiger partial charge on any atom is -0.472 e. The lowest BCUT2D eigenvalue weighted by atomic mass is 10.0. The van der Waals surface area contributed by atoms with E-state index in [0.29, 0.717) is 30.5 Å². The van der Waals surface area contributed by atoms with Gasteiger partial charge >= 0.3 is 0 Å². The summed E-state index contributed by atoms with van der Waals surface area (Å²) in [6, 6.07) is 8.82. The van der Waals surface area contributed by atoms with E-state index in [0.717, 1.165) is 18.5 Å². The smallest absolute Gasteiger partial charge is 0.228 e. The number of ether oxygens (including phenoxy) is 1. The second-order valence-corrected chi connectivity index (χ2v) is 7.53. The van der Waals surface area contributed by atoms with E-state index in [9.17, 15) is 9.59 Å². The van der Waals surface area contributed by atoms with Crippen LogP contribution in [0.1, 0.15) is 19.3 Å². The van der Waals surface area contributed by atoms with Gasteiger partial charge in [-0.15, -0.1) is 0 Å². The summed E-state index contributed by atoms with van der Waals surface area (Å²) in [5.41, 5.74) is 0.772. The van der Waals surface area contributed by atoms with Crippen molar-refractivity contribution in [1.29, 1.82) is 0 Å². The molecule has 28 heavy (non-hydrogen) atoms. The number of carbonyl (C=O) groups excluding carboxylic acids is 2. The molecule has 0 radical (unpaired) electrons. The average Bonchev–Trinajstić information content (AvgIpc) is 3.10. The van der Waals surface area contributed by atoms with Gasteiger partial charge in [0.2, 0.25) is 17.7 Å². The zero-order valence-corrected chi connectivity index (χ0v) is 16.1. The fourth-order valence-electron chi connectivity index (χ4n) is 3.76. The summed E-state index contributed by atoms with van der Waals surface area (Å²) < 4.78 is 5.89. The van der Waals surface area contributed by atoms with Gasteiger partial charge in [0, 0.05) is 42.5 Å². The number of piperidine rings is 1. The summed E-state index contributed by atoms with van der Waals surface area (Å²) in [5.74, 6) is 0.160. The summed E-state index contributed by atoms with van der Waals surface area (Å²) in [4.78, 5) is 36.9. The monoisotopic (exact) mass is 400 g/mol. The fraction of sp³-hybridized carbons (Fsp3) is 0.400. The molecule has 7 nitrogen and oxygen atoms in total. The Balaban J connectivity index is 1.38. The number of benzene rings is 1. The third kappa shape index (κ3) is 4.09. The highest BCUT2D eigenvalue weighted by Gasteiger charge is 2.38. The third-order valence-electron chi connectivity index (χ3n) is 5.14. The fourth-order valence-corrected chi connectivity index (χ4v) is 3.88. The van der Waals surface area contributed by atoms with Gasteiger partial charge in [-0.25, -0.2) is 9.97 Å². The maximum absolute atomic E-state index is 13.0. The van der Waals surface area contributed by atoms with Crippen molar-refractivity contribution < 1.29 is 14.3 Å². The molecule has 2 fully saturated rings. The second kappa shape index (κ2) is 8.14. The lowest BCUT2D eigenvalue weighted by Crippen LogP contribution is -2.47. The zero-order valence-electron chi connectivity index (χ0n) is 15.3. The molecular formula is C20H21ClN4O3. The molecule has 2 aromatic rings. The number of amides is 2. The van der Waals surface area contributed by atoms with Gasteiger partial charge < -0.3 is 14.5 Å². The first-order chi connectivity index (χ1) is 13.6. The Morgan fingerprint density at radius 1 is 1.18 bits per heavy atom. The molecule has 0 saturated carbocycles. The Hall–Kier alpha value is -2.67. The molecular weight excluding hydrogens is 380 g/mol. The van der Waals surface area contributed by atoms with Crippen LogP contribution in [0.3, 0.4) is 0 Å². The van der Waals surface area contributed by atoms with Gasteiger partial charge in [-0.05, 0) is 37.1 Å². The highest BCUT2D eigenvalue weighted by atomic mass is 35.5. The molecule has 146 valence electrons. The van der Waals surface area contributed by atoms with Gasteiger partial charge in [-0.3, -0.25) is 9.59 Å². The summed E-state index contributed by atoms with van der Waals surface area (Å²) in [6.07, 6.45) is 4.93. The quantitative estimate of drug-likeness (QED) is 0.788. The number of aromatic nitrogens is 2. The molecule has 2 amide bonds. The highest BCUT2D eigenvalue weighted by Crippen LogP contribution is 2.28. The van der Waals surface area contributed by atoms with Gasteiger partial charge in [0.25, 0.3) is 0 Å². The molecule has 3 heterocycles. The molecule has 2 atom stereocenters. The Kier molecular flexibility index (Phi) is 5.43.